The number of rotatable bonds is 9. The number of ether oxygens (including phenoxy) is 5. The Hall–Kier alpha value is -4.71. The summed E-state index contributed by atoms with van der Waals surface area (Å²) in [6.45, 7) is 6.16. The zero-order chi connectivity index (χ0) is 28.1. The van der Waals surface area contributed by atoms with Crippen LogP contribution in [0.3, 0.4) is 0 Å². The molecular weight excluding hydrogens is 503 g/mol. The predicted molar refractivity (Wildman–Crippen MR) is 141 cm³/mol. The second-order valence-electron chi connectivity index (χ2n) is 9.37. The molecule has 2 atom stereocenters. The van der Waals surface area contributed by atoms with E-state index in [-0.39, 0.29) is 17.2 Å². The van der Waals surface area contributed by atoms with Crippen molar-refractivity contribution in [2.75, 3.05) is 13.7 Å². The molecular formula is C30H29FN2O6. The number of carbonyl (C=O) groups excluding carboxylic acids is 1. The van der Waals surface area contributed by atoms with Crippen LogP contribution in [0.5, 0.6) is 28.7 Å². The van der Waals surface area contributed by atoms with E-state index in [4.69, 9.17) is 29.4 Å². The van der Waals surface area contributed by atoms with Crippen LogP contribution in [0.25, 0.3) is 0 Å². The summed E-state index contributed by atoms with van der Waals surface area (Å²) in [5.74, 6) is 0.669. The molecule has 2 N–H and O–H groups in total. The van der Waals surface area contributed by atoms with Crippen LogP contribution in [0.1, 0.15) is 37.8 Å². The number of methoxy groups -OCH3 is 1. The smallest absolute Gasteiger partial charge is 0.352 e. The van der Waals surface area contributed by atoms with Crippen molar-refractivity contribution in [1.29, 1.82) is 5.26 Å². The Morgan fingerprint density at radius 3 is 2.44 bits per heavy atom. The number of benzene rings is 3. The van der Waals surface area contributed by atoms with Gasteiger partial charge in [-0.2, -0.15) is 5.26 Å². The van der Waals surface area contributed by atoms with E-state index in [1.165, 1.54) is 37.3 Å². The second kappa shape index (κ2) is 11.8. The van der Waals surface area contributed by atoms with Crippen LogP contribution in [-0.2, 0) is 4.79 Å². The van der Waals surface area contributed by atoms with Crippen LogP contribution in [-0.4, -0.2) is 25.8 Å². The van der Waals surface area contributed by atoms with Crippen molar-refractivity contribution in [3.63, 3.8) is 0 Å². The first kappa shape index (κ1) is 27.3. The first-order valence-corrected chi connectivity index (χ1v) is 12.4. The molecule has 1 aliphatic heterocycles. The minimum Gasteiger partial charge on any atom is -0.493 e. The van der Waals surface area contributed by atoms with Crippen LogP contribution in [0, 0.1) is 23.1 Å². The van der Waals surface area contributed by atoms with Crippen molar-refractivity contribution in [2.45, 2.75) is 32.8 Å². The number of fused-ring (bicyclic) bond motifs is 1. The van der Waals surface area contributed by atoms with Gasteiger partial charge < -0.3 is 29.4 Å². The third-order valence-corrected chi connectivity index (χ3v) is 5.96. The highest BCUT2D eigenvalue weighted by atomic mass is 19.1. The molecule has 3 aromatic rings. The molecule has 8 nitrogen and oxygen atoms in total. The molecule has 0 radical (unpaired) electrons. The van der Waals surface area contributed by atoms with Crippen LogP contribution < -0.4 is 29.4 Å². The van der Waals surface area contributed by atoms with Gasteiger partial charge in [-0.3, -0.25) is 0 Å². The zero-order valence-corrected chi connectivity index (χ0v) is 22.1. The third-order valence-electron chi connectivity index (χ3n) is 5.96. The molecule has 0 amide bonds. The van der Waals surface area contributed by atoms with E-state index in [0.29, 0.717) is 41.1 Å². The quantitative estimate of drug-likeness (QED) is 0.286. The molecule has 1 aliphatic rings. The number of hydrogen-bond donors (Lipinski definition) is 1. The predicted octanol–water partition coefficient (Wildman–Crippen LogP) is 5.46. The SMILES string of the molecule is COc1cc(C2C(C#N)=C(N)Oc3cc(OC(=O)C(C)Oc4ccc(F)cc4)ccc32)ccc1OCC(C)C. The number of halogens is 1. The van der Waals surface area contributed by atoms with Crippen LogP contribution in [0.15, 0.2) is 72.1 Å². The van der Waals surface area contributed by atoms with Crippen molar-refractivity contribution in [2.24, 2.45) is 11.7 Å². The Morgan fingerprint density at radius 1 is 1.05 bits per heavy atom. The highest BCUT2D eigenvalue weighted by Gasteiger charge is 2.32. The van der Waals surface area contributed by atoms with Gasteiger partial charge in [0.1, 0.15) is 34.7 Å². The standard InChI is InChI=1S/C30H29FN2O6/c1-17(2)16-36-25-12-5-19(13-27(25)35-4)28-23-11-10-22(14-26(23)39-29(33)24(28)15-32)38-30(34)18(3)37-21-8-6-20(31)7-9-21/h5-14,17-18,28H,16,33H2,1-4H3. The van der Waals surface area contributed by atoms with Gasteiger partial charge in [-0.25, -0.2) is 9.18 Å². The number of esters is 1. The molecule has 0 spiro atoms. The number of carbonyl (C=O) groups is 1. The summed E-state index contributed by atoms with van der Waals surface area (Å²) in [5.41, 5.74) is 7.79. The maximum absolute atomic E-state index is 13.1. The Bertz CT molecular complexity index is 1430. The summed E-state index contributed by atoms with van der Waals surface area (Å²) in [4.78, 5) is 12.6. The highest BCUT2D eigenvalue weighted by Crippen LogP contribution is 2.45. The Morgan fingerprint density at radius 2 is 1.77 bits per heavy atom. The minimum absolute atomic E-state index is 0.0504. The van der Waals surface area contributed by atoms with Crippen molar-refractivity contribution < 1.29 is 32.9 Å². The van der Waals surface area contributed by atoms with Crippen LogP contribution in [0.4, 0.5) is 4.39 Å². The number of nitriles is 1. The molecule has 0 saturated carbocycles. The van der Waals surface area contributed by atoms with Crippen molar-refractivity contribution in [1.82, 2.24) is 0 Å². The molecule has 9 heteroatoms. The molecule has 3 aromatic carbocycles. The average molecular weight is 533 g/mol. The molecule has 0 bridgehead atoms. The number of nitrogens with two attached hydrogens (primary N) is 1. The van der Waals surface area contributed by atoms with Crippen molar-refractivity contribution in [3.05, 3.63) is 89.1 Å². The zero-order valence-electron chi connectivity index (χ0n) is 22.1. The first-order valence-electron chi connectivity index (χ1n) is 12.4. The lowest BCUT2D eigenvalue weighted by Crippen LogP contribution is -2.28. The van der Waals surface area contributed by atoms with Gasteiger partial charge in [0.05, 0.1) is 19.6 Å². The molecule has 39 heavy (non-hydrogen) atoms. The van der Waals surface area contributed by atoms with Gasteiger partial charge in [0.15, 0.2) is 17.6 Å². The van der Waals surface area contributed by atoms with E-state index in [9.17, 15) is 14.4 Å². The van der Waals surface area contributed by atoms with Gasteiger partial charge in [-0.05, 0) is 60.9 Å². The molecule has 202 valence electrons. The fourth-order valence-electron chi connectivity index (χ4n) is 4.05. The number of hydrogen-bond acceptors (Lipinski definition) is 8. The maximum Gasteiger partial charge on any atom is 0.352 e. The van der Waals surface area contributed by atoms with Gasteiger partial charge in [-0.1, -0.05) is 26.0 Å². The van der Waals surface area contributed by atoms with Gasteiger partial charge in [0.25, 0.3) is 0 Å². The Balaban J connectivity index is 1.59. The lowest BCUT2D eigenvalue weighted by Gasteiger charge is -2.27. The monoisotopic (exact) mass is 532 g/mol. The van der Waals surface area contributed by atoms with Crippen LogP contribution >= 0.6 is 0 Å². The maximum atomic E-state index is 13.1. The third kappa shape index (κ3) is 6.24. The normalized spacial score (nSPS) is 15.1. The van der Waals surface area contributed by atoms with E-state index in [2.05, 4.69) is 19.9 Å². The summed E-state index contributed by atoms with van der Waals surface area (Å²) in [7, 11) is 1.55. The number of nitrogens with zero attached hydrogens (tertiary/aromatic N) is 1. The highest BCUT2D eigenvalue weighted by molar-refractivity contribution is 5.77. The average Bonchev–Trinajstić information content (AvgIpc) is 2.92. The van der Waals surface area contributed by atoms with Gasteiger partial charge in [-0.15, -0.1) is 0 Å². The minimum atomic E-state index is -0.959. The Labute approximate surface area is 226 Å². The van der Waals surface area contributed by atoms with Gasteiger partial charge >= 0.3 is 5.97 Å². The topological polar surface area (TPSA) is 113 Å². The fraction of sp³-hybridized carbons (Fsp3) is 0.267. The molecule has 4 rings (SSSR count). The van der Waals surface area contributed by atoms with Crippen LogP contribution in [0.2, 0.25) is 0 Å². The van der Waals surface area contributed by atoms with E-state index in [1.807, 2.05) is 12.1 Å². The van der Waals surface area contributed by atoms with Gasteiger partial charge in [0, 0.05) is 11.6 Å². The Kier molecular flexibility index (Phi) is 8.25. The second-order valence-corrected chi connectivity index (χ2v) is 9.37. The molecule has 0 aliphatic carbocycles. The summed E-state index contributed by atoms with van der Waals surface area (Å²) in [6, 6.07) is 17.8. The molecule has 0 aromatic heterocycles. The molecule has 0 fully saturated rings. The molecule has 2 unspecified atom stereocenters. The summed E-state index contributed by atoms with van der Waals surface area (Å²) in [6.07, 6.45) is -0.959. The summed E-state index contributed by atoms with van der Waals surface area (Å²) < 4.78 is 41.3. The lowest BCUT2D eigenvalue weighted by molar-refractivity contribution is -0.141. The number of allylic oxidation sites excluding steroid dienone is 1. The van der Waals surface area contributed by atoms with E-state index in [1.54, 1.807) is 25.3 Å². The van der Waals surface area contributed by atoms with Crippen molar-refractivity contribution >= 4 is 5.97 Å². The summed E-state index contributed by atoms with van der Waals surface area (Å²) >= 11 is 0. The van der Waals surface area contributed by atoms with E-state index in [0.717, 1.165) is 5.56 Å². The van der Waals surface area contributed by atoms with Crippen molar-refractivity contribution in [3.8, 4) is 34.8 Å². The molecule has 0 saturated heterocycles. The fourth-order valence-corrected chi connectivity index (χ4v) is 4.05. The summed E-state index contributed by atoms with van der Waals surface area (Å²) in [5, 5.41) is 9.89. The van der Waals surface area contributed by atoms with Gasteiger partial charge in [0.2, 0.25) is 5.88 Å². The van der Waals surface area contributed by atoms with E-state index < -0.39 is 23.8 Å². The van der Waals surface area contributed by atoms with E-state index >= 15 is 0 Å². The lowest BCUT2D eigenvalue weighted by atomic mass is 9.83. The molecule has 1 heterocycles. The first-order chi connectivity index (χ1) is 18.7. The largest absolute Gasteiger partial charge is 0.493 e.